The van der Waals surface area contributed by atoms with Gasteiger partial charge in [0, 0.05) is 23.5 Å². The van der Waals surface area contributed by atoms with E-state index in [1.165, 1.54) is 12.1 Å². The molecule has 0 aliphatic heterocycles. The lowest BCUT2D eigenvalue weighted by molar-refractivity contribution is -0.275. The Morgan fingerprint density at radius 3 is 2.38 bits per heavy atom. The SMILES string of the molecule is CC(F)(F)C(Cl)(OC(F)F)n1cc(S(N)(=O)=O)c2ccc(Cl)cc21. The highest BCUT2D eigenvalue weighted by molar-refractivity contribution is 7.89. The second-order valence-electron chi connectivity index (χ2n) is 4.90. The van der Waals surface area contributed by atoms with Crippen LogP contribution in [0.5, 0.6) is 0 Å². The number of rotatable bonds is 5. The number of ether oxygens (including phenoxy) is 1. The Labute approximate surface area is 143 Å². The summed E-state index contributed by atoms with van der Waals surface area (Å²) >= 11 is 11.4. The third kappa shape index (κ3) is 3.33. The molecule has 1 atom stereocenters. The Bertz CT molecular complexity index is 882. The van der Waals surface area contributed by atoms with E-state index in [0.717, 1.165) is 6.07 Å². The first-order chi connectivity index (χ1) is 10.8. The molecule has 24 heavy (non-hydrogen) atoms. The van der Waals surface area contributed by atoms with E-state index in [0.29, 0.717) is 10.8 Å². The molecule has 1 unspecified atom stereocenters. The fourth-order valence-corrected chi connectivity index (χ4v) is 3.23. The zero-order chi connectivity index (χ0) is 18.5. The fourth-order valence-electron chi connectivity index (χ4n) is 2.12. The van der Waals surface area contributed by atoms with Crippen LogP contribution in [-0.4, -0.2) is 25.5 Å². The summed E-state index contributed by atoms with van der Waals surface area (Å²) in [4.78, 5) is -0.596. The topological polar surface area (TPSA) is 74.3 Å². The minimum atomic E-state index is -4.37. The van der Waals surface area contributed by atoms with Crippen molar-refractivity contribution >= 4 is 44.1 Å². The number of hydrogen-bond donors (Lipinski definition) is 1. The summed E-state index contributed by atoms with van der Waals surface area (Å²) in [5.74, 6) is -4.03. The second-order valence-corrected chi connectivity index (χ2v) is 7.38. The summed E-state index contributed by atoms with van der Waals surface area (Å²) in [7, 11) is -4.37. The number of benzene rings is 1. The highest BCUT2D eigenvalue weighted by Gasteiger charge is 2.55. The summed E-state index contributed by atoms with van der Waals surface area (Å²) in [5.41, 5.74) is -0.274. The van der Waals surface area contributed by atoms with Gasteiger partial charge < -0.3 is 0 Å². The molecule has 0 fully saturated rings. The summed E-state index contributed by atoms with van der Waals surface area (Å²) in [5, 5.41) is 1.52. The van der Waals surface area contributed by atoms with E-state index < -0.39 is 32.6 Å². The normalized spacial score (nSPS) is 15.9. The fraction of sp³-hybridized carbons (Fsp3) is 0.333. The van der Waals surface area contributed by atoms with E-state index in [1.54, 1.807) is 0 Å². The Morgan fingerprint density at radius 1 is 1.33 bits per heavy atom. The summed E-state index contributed by atoms with van der Waals surface area (Å²) in [6, 6.07) is 3.53. The van der Waals surface area contributed by atoms with Gasteiger partial charge in [-0.3, -0.25) is 9.30 Å². The molecule has 2 N–H and O–H groups in total. The van der Waals surface area contributed by atoms with E-state index in [2.05, 4.69) is 4.74 Å². The number of primary sulfonamides is 1. The molecule has 0 radical (unpaired) electrons. The quantitative estimate of drug-likeness (QED) is 0.605. The van der Waals surface area contributed by atoms with Gasteiger partial charge in [-0.15, -0.1) is 0 Å². The van der Waals surface area contributed by atoms with E-state index >= 15 is 0 Å². The van der Waals surface area contributed by atoms with Gasteiger partial charge in [-0.05, 0) is 18.2 Å². The van der Waals surface area contributed by atoms with Crippen molar-refractivity contribution in [3.8, 4) is 0 Å². The molecule has 0 saturated heterocycles. The van der Waals surface area contributed by atoms with Crippen molar-refractivity contribution in [1.82, 2.24) is 4.57 Å². The van der Waals surface area contributed by atoms with Crippen LogP contribution in [0.1, 0.15) is 6.92 Å². The van der Waals surface area contributed by atoms with Gasteiger partial charge in [-0.2, -0.15) is 8.78 Å². The first kappa shape index (κ1) is 19.3. The molecular weight excluding hydrogens is 399 g/mol. The van der Waals surface area contributed by atoms with E-state index in [-0.39, 0.29) is 22.8 Å². The zero-order valence-electron chi connectivity index (χ0n) is 11.8. The highest BCUT2D eigenvalue weighted by Crippen LogP contribution is 2.45. The largest absolute Gasteiger partial charge is 0.348 e. The highest BCUT2D eigenvalue weighted by atomic mass is 35.5. The van der Waals surface area contributed by atoms with Gasteiger partial charge in [-0.25, -0.2) is 22.3 Å². The molecule has 0 aliphatic carbocycles. The van der Waals surface area contributed by atoms with Crippen LogP contribution in [0.2, 0.25) is 5.02 Å². The molecule has 134 valence electrons. The van der Waals surface area contributed by atoms with Crippen LogP contribution < -0.4 is 5.14 Å². The average Bonchev–Trinajstić information content (AvgIpc) is 2.75. The number of fused-ring (bicyclic) bond motifs is 1. The van der Waals surface area contributed by atoms with Crippen LogP contribution in [-0.2, 0) is 19.9 Å². The minimum absolute atomic E-state index is 0.0262. The third-order valence-electron chi connectivity index (χ3n) is 3.13. The van der Waals surface area contributed by atoms with Gasteiger partial charge in [-0.1, -0.05) is 23.2 Å². The van der Waals surface area contributed by atoms with Crippen LogP contribution in [0, 0.1) is 0 Å². The summed E-state index contributed by atoms with van der Waals surface area (Å²) < 4.78 is 80.7. The molecular formula is C12H10Cl2F4N2O3S. The molecule has 1 aromatic carbocycles. The molecule has 5 nitrogen and oxygen atoms in total. The van der Waals surface area contributed by atoms with Gasteiger partial charge in [0.05, 0.1) is 5.52 Å². The Hall–Kier alpha value is -1.07. The van der Waals surface area contributed by atoms with Crippen molar-refractivity contribution in [1.29, 1.82) is 0 Å². The van der Waals surface area contributed by atoms with Crippen molar-refractivity contribution in [2.75, 3.05) is 0 Å². The number of halogens is 6. The summed E-state index contributed by atoms with van der Waals surface area (Å²) in [6.07, 6.45) is 0.600. The van der Waals surface area contributed by atoms with Crippen LogP contribution in [0.4, 0.5) is 17.6 Å². The lowest BCUT2D eigenvalue weighted by Gasteiger charge is -2.34. The van der Waals surface area contributed by atoms with Gasteiger partial charge in [0.25, 0.3) is 5.18 Å². The predicted octanol–water partition coefficient (Wildman–Crippen LogP) is 3.69. The predicted molar refractivity (Wildman–Crippen MR) is 79.9 cm³/mol. The van der Waals surface area contributed by atoms with Gasteiger partial charge in [0.15, 0.2) is 0 Å². The maximum absolute atomic E-state index is 13.9. The molecule has 0 bridgehead atoms. The molecule has 0 aliphatic rings. The van der Waals surface area contributed by atoms with E-state index in [4.69, 9.17) is 28.3 Å². The molecule has 1 aromatic heterocycles. The van der Waals surface area contributed by atoms with Crippen molar-refractivity contribution < 1.29 is 30.7 Å². The molecule has 0 spiro atoms. The molecule has 0 saturated carbocycles. The standard InChI is InChI=1S/C12H10Cl2F4N2O3S/c1-11(17,18)12(14,23-10(15)16)20-5-9(24(19,21)22)7-3-2-6(13)4-8(7)20/h2-5,10H,1H3,(H2,19,21,22). The number of alkyl halides is 5. The van der Waals surface area contributed by atoms with Gasteiger partial charge in [0.2, 0.25) is 10.0 Å². The lowest BCUT2D eigenvalue weighted by Crippen LogP contribution is -2.46. The minimum Gasteiger partial charge on any atom is -0.299 e. The smallest absolute Gasteiger partial charge is 0.299 e. The van der Waals surface area contributed by atoms with Crippen molar-refractivity contribution in [2.24, 2.45) is 5.14 Å². The number of nitrogens with two attached hydrogens (primary N) is 1. The molecule has 2 rings (SSSR count). The number of nitrogens with zero attached hydrogens (tertiary/aromatic N) is 1. The maximum atomic E-state index is 13.9. The Balaban J connectivity index is 2.91. The zero-order valence-corrected chi connectivity index (χ0v) is 14.1. The molecule has 12 heteroatoms. The second kappa shape index (κ2) is 6.03. The monoisotopic (exact) mass is 408 g/mol. The van der Waals surface area contributed by atoms with E-state index in [9.17, 15) is 26.0 Å². The number of sulfonamides is 1. The van der Waals surface area contributed by atoms with Crippen LogP contribution in [0.15, 0.2) is 29.3 Å². The van der Waals surface area contributed by atoms with Gasteiger partial charge in [0.1, 0.15) is 4.90 Å². The van der Waals surface area contributed by atoms with E-state index in [1.807, 2.05) is 0 Å². The molecule has 0 amide bonds. The first-order valence-electron chi connectivity index (χ1n) is 6.14. The first-order valence-corrected chi connectivity index (χ1v) is 8.44. The average molecular weight is 409 g/mol. The van der Waals surface area contributed by atoms with Crippen molar-refractivity contribution in [3.05, 3.63) is 29.4 Å². The molecule has 2 aromatic rings. The molecule has 1 heterocycles. The van der Waals surface area contributed by atoms with Gasteiger partial charge >= 0.3 is 12.5 Å². The van der Waals surface area contributed by atoms with Crippen molar-refractivity contribution in [3.63, 3.8) is 0 Å². The Kier molecular flexibility index (Phi) is 4.83. The number of hydrogen-bond acceptors (Lipinski definition) is 3. The van der Waals surface area contributed by atoms with Crippen LogP contribution in [0.25, 0.3) is 10.9 Å². The third-order valence-corrected chi connectivity index (χ3v) is 4.91. The lowest BCUT2D eigenvalue weighted by atomic mass is 10.2. The van der Waals surface area contributed by atoms with Crippen LogP contribution >= 0.6 is 23.2 Å². The summed E-state index contributed by atoms with van der Waals surface area (Å²) in [6.45, 7) is -3.42. The maximum Gasteiger partial charge on any atom is 0.348 e. The Morgan fingerprint density at radius 2 is 1.92 bits per heavy atom. The van der Waals surface area contributed by atoms with Crippen LogP contribution in [0.3, 0.4) is 0 Å². The number of aromatic nitrogens is 1. The van der Waals surface area contributed by atoms with Crippen molar-refractivity contribution in [2.45, 2.75) is 29.5 Å².